The third-order valence-corrected chi connectivity index (χ3v) is 6.06. The fourth-order valence-corrected chi connectivity index (χ4v) is 4.00. The smallest absolute Gasteiger partial charge is 0.471 e. The fourth-order valence-electron chi connectivity index (χ4n) is 3.73. The van der Waals surface area contributed by atoms with Gasteiger partial charge in [-0.05, 0) is 49.6 Å². The third-order valence-electron chi connectivity index (χ3n) is 5.53. The van der Waals surface area contributed by atoms with E-state index in [1.807, 2.05) is 5.32 Å². The van der Waals surface area contributed by atoms with Gasteiger partial charge in [-0.3, -0.25) is 9.59 Å². The summed E-state index contributed by atoms with van der Waals surface area (Å²) in [5.41, 5.74) is 0.573. The molecule has 13 heteroatoms. The number of amides is 3. The number of benzene rings is 1. The van der Waals surface area contributed by atoms with E-state index in [1.165, 1.54) is 30.2 Å². The molecule has 0 radical (unpaired) electrons. The van der Waals surface area contributed by atoms with Crippen LogP contribution < -0.4 is 15.4 Å². The summed E-state index contributed by atoms with van der Waals surface area (Å²) in [6, 6.07) is 8.08. The average molecular weight is 573 g/mol. The lowest BCUT2D eigenvalue weighted by Crippen LogP contribution is -2.49. The molecular formula is C23H24BrF3N4O5. The Morgan fingerprint density at radius 3 is 2.47 bits per heavy atom. The van der Waals surface area contributed by atoms with Crippen LogP contribution in [0.4, 0.5) is 18.0 Å². The summed E-state index contributed by atoms with van der Waals surface area (Å²) < 4.78 is 44.9. The summed E-state index contributed by atoms with van der Waals surface area (Å²) in [6.45, 7) is 1.97. The molecule has 0 spiro atoms. The number of nitrogens with one attached hydrogen (secondary N) is 2. The summed E-state index contributed by atoms with van der Waals surface area (Å²) in [6.07, 6.45) is -4.58. The molecular weight excluding hydrogens is 549 g/mol. The summed E-state index contributed by atoms with van der Waals surface area (Å²) in [4.78, 5) is 40.5. The Bertz CT molecular complexity index is 1080. The molecule has 0 saturated carbocycles. The number of alkyl halides is 3. The first-order valence-electron chi connectivity index (χ1n) is 11.0. The Balaban J connectivity index is 1.70. The van der Waals surface area contributed by atoms with Gasteiger partial charge in [0.15, 0.2) is 0 Å². The Labute approximate surface area is 213 Å². The van der Waals surface area contributed by atoms with E-state index in [1.54, 1.807) is 24.3 Å². The Morgan fingerprint density at radius 1 is 1.19 bits per heavy atom. The second-order valence-corrected chi connectivity index (χ2v) is 9.19. The van der Waals surface area contributed by atoms with Gasteiger partial charge in [-0.15, -0.1) is 0 Å². The molecule has 9 nitrogen and oxygen atoms in total. The normalized spacial score (nSPS) is 17.6. The molecule has 1 aliphatic heterocycles. The standard InChI is InChI=1S/C23H24BrF3N4O5/c1-13(29-21(33)23(25,26)27)19(14-4-6-15(24)7-5-14)36-17-8-9-18(28-11-17)20(32)30-16-3-2-10-31(12-16)22(34)35/h4-9,11,13,16,19H,2-3,10,12H2,1H3,(H,29,33)(H,30,32)(H,34,35)/t13-,16-,19-/m0/s1. The number of pyridine rings is 1. The molecule has 194 valence electrons. The third kappa shape index (κ3) is 7.33. The minimum atomic E-state index is -5.05. The van der Waals surface area contributed by atoms with Crippen LogP contribution in [0, 0.1) is 0 Å². The number of likely N-dealkylation sites (tertiary alicyclic amines) is 1. The molecule has 3 rings (SSSR count). The van der Waals surface area contributed by atoms with Crippen LogP contribution in [0.2, 0.25) is 0 Å². The second-order valence-electron chi connectivity index (χ2n) is 8.27. The van der Waals surface area contributed by atoms with E-state index in [0.717, 1.165) is 4.47 Å². The van der Waals surface area contributed by atoms with Crippen LogP contribution in [-0.2, 0) is 4.79 Å². The van der Waals surface area contributed by atoms with E-state index in [4.69, 9.17) is 9.84 Å². The van der Waals surface area contributed by atoms with Gasteiger partial charge >= 0.3 is 18.2 Å². The largest absolute Gasteiger partial charge is 0.482 e. The Morgan fingerprint density at radius 2 is 1.89 bits per heavy atom. The van der Waals surface area contributed by atoms with E-state index in [0.29, 0.717) is 24.9 Å². The van der Waals surface area contributed by atoms with Crippen LogP contribution in [0.3, 0.4) is 0 Å². The molecule has 3 atom stereocenters. The van der Waals surface area contributed by atoms with Crippen LogP contribution in [0.15, 0.2) is 47.1 Å². The van der Waals surface area contributed by atoms with Crippen LogP contribution in [0.5, 0.6) is 5.75 Å². The molecule has 2 heterocycles. The summed E-state index contributed by atoms with van der Waals surface area (Å²) in [5, 5.41) is 13.8. The van der Waals surface area contributed by atoms with Gasteiger partial charge in [-0.25, -0.2) is 9.78 Å². The van der Waals surface area contributed by atoms with E-state index in [-0.39, 0.29) is 24.0 Å². The molecule has 1 saturated heterocycles. The van der Waals surface area contributed by atoms with Crippen LogP contribution in [0.25, 0.3) is 0 Å². The van der Waals surface area contributed by atoms with E-state index >= 15 is 0 Å². The van der Waals surface area contributed by atoms with Gasteiger partial charge in [0.05, 0.1) is 12.2 Å². The number of halogens is 4. The second kappa shape index (κ2) is 11.6. The van der Waals surface area contributed by atoms with Crippen molar-refractivity contribution in [3.05, 3.63) is 58.3 Å². The summed E-state index contributed by atoms with van der Waals surface area (Å²) in [5.74, 6) is -2.41. The van der Waals surface area contributed by atoms with Crippen molar-refractivity contribution in [2.45, 2.75) is 44.1 Å². The Kier molecular flexibility index (Phi) is 8.77. The van der Waals surface area contributed by atoms with Gasteiger partial charge in [0.2, 0.25) is 0 Å². The van der Waals surface area contributed by atoms with Crippen molar-refractivity contribution in [3.8, 4) is 5.75 Å². The highest BCUT2D eigenvalue weighted by molar-refractivity contribution is 9.10. The zero-order chi connectivity index (χ0) is 26.5. The topological polar surface area (TPSA) is 121 Å². The number of hydrogen-bond acceptors (Lipinski definition) is 5. The minimum absolute atomic E-state index is 0.0633. The maximum atomic E-state index is 12.8. The lowest BCUT2D eigenvalue weighted by Gasteiger charge is -2.31. The predicted molar refractivity (Wildman–Crippen MR) is 125 cm³/mol. The van der Waals surface area contributed by atoms with Crippen molar-refractivity contribution in [2.24, 2.45) is 0 Å². The highest BCUT2D eigenvalue weighted by Crippen LogP contribution is 2.27. The molecule has 0 unspecified atom stereocenters. The highest BCUT2D eigenvalue weighted by atomic mass is 79.9. The van der Waals surface area contributed by atoms with E-state index < -0.39 is 36.2 Å². The molecule has 1 fully saturated rings. The minimum Gasteiger partial charge on any atom is -0.482 e. The van der Waals surface area contributed by atoms with Gasteiger partial charge in [0.25, 0.3) is 5.91 Å². The number of nitrogens with zero attached hydrogens (tertiary/aromatic N) is 2. The van der Waals surface area contributed by atoms with Gasteiger partial charge in [-0.1, -0.05) is 28.1 Å². The number of ether oxygens (including phenoxy) is 1. The molecule has 3 N–H and O–H groups in total. The van der Waals surface area contributed by atoms with Crippen molar-refractivity contribution in [1.29, 1.82) is 0 Å². The molecule has 0 aliphatic carbocycles. The lowest BCUT2D eigenvalue weighted by atomic mass is 10.0. The van der Waals surface area contributed by atoms with Gasteiger partial charge in [-0.2, -0.15) is 13.2 Å². The highest BCUT2D eigenvalue weighted by Gasteiger charge is 2.40. The quantitative estimate of drug-likeness (QED) is 0.462. The summed E-state index contributed by atoms with van der Waals surface area (Å²) >= 11 is 3.29. The maximum absolute atomic E-state index is 12.8. The Hall–Kier alpha value is -3.35. The van der Waals surface area contributed by atoms with Crippen LogP contribution >= 0.6 is 15.9 Å². The van der Waals surface area contributed by atoms with Crippen molar-refractivity contribution >= 4 is 33.8 Å². The fraction of sp³-hybridized carbons (Fsp3) is 0.391. The van der Waals surface area contributed by atoms with Crippen molar-refractivity contribution in [3.63, 3.8) is 0 Å². The molecule has 0 bridgehead atoms. The van der Waals surface area contributed by atoms with E-state index in [9.17, 15) is 27.6 Å². The van der Waals surface area contributed by atoms with Crippen LogP contribution in [-0.4, -0.2) is 64.2 Å². The van der Waals surface area contributed by atoms with Gasteiger partial charge in [0, 0.05) is 23.6 Å². The number of carboxylic acid groups (broad SMARTS) is 1. The first-order chi connectivity index (χ1) is 16.9. The average Bonchev–Trinajstić information content (AvgIpc) is 2.83. The maximum Gasteiger partial charge on any atom is 0.471 e. The molecule has 1 aromatic heterocycles. The molecule has 36 heavy (non-hydrogen) atoms. The lowest BCUT2D eigenvalue weighted by molar-refractivity contribution is -0.174. The number of aromatic nitrogens is 1. The van der Waals surface area contributed by atoms with Crippen molar-refractivity contribution in [2.75, 3.05) is 13.1 Å². The SMILES string of the molecule is C[C@H](NC(=O)C(F)(F)F)[C@H](Oc1ccc(C(=O)N[C@H]2CCCN(C(=O)O)C2)nc1)c1ccc(Br)cc1. The molecule has 2 aromatic rings. The monoisotopic (exact) mass is 572 g/mol. The van der Waals surface area contributed by atoms with E-state index in [2.05, 4.69) is 26.2 Å². The number of carbonyl (C=O) groups is 3. The first kappa shape index (κ1) is 27.2. The number of hydrogen-bond donors (Lipinski definition) is 3. The molecule has 1 aliphatic rings. The zero-order valence-corrected chi connectivity index (χ0v) is 20.7. The van der Waals surface area contributed by atoms with Crippen molar-refractivity contribution in [1.82, 2.24) is 20.5 Å². The summed E-state index contributed by atoms with van der Waals surface area (Å²) in [7, 11) is 0. The van der Waals surface area contributed by atoms with Gasteiger partial charge < -0.3 is 25.4 Å². The van der Waals surface area contributed by atoms with Gasteiger partial charge in [0.1, 0.15) is 17.5 Å². The van der Waals surface area contributed by atoms with Crippen molar-refractivity contribution < 1.29 is 37.4 Å². The van der Waals surface area contributed by atoms with Crippen LogP contribution in [0.1, 0.15) is 41.9 Å². The molecule has 3 amide bonds. The molecule has 1 aromatic carbocycles. The predicted octanol–water partition coefficient (Wildman–Crippen LogP) is 3.90. The zero-order valence-electron chi connectivity index (χ0n) is 19.1. The number of carbonyl (C=O) groups excluding carboxylic acids is 2. The number of piperidine rings is 1. The first-order valence-corrected chi connectivity index (χ1v) is 11.8. The number of rotatable bonds is 7.